The van der Waals surface area contributed by atoms with E-state index in [0.29, 0.717) is 5.69 Å². The molecule has 10 heteroatoms. The summed E-state index contributed by atoms with van der Waals surface area (Å²) in [5, 5.41) is 8.84. The molecule has 0 saturated carbocycles. The summed E-state index contributed by atoms with van der Waals surface area (Å²) in [5.74, 6) is -0.175. The zero-order chi connectivity index (χ0) is 29.6. The van der Waals surface area contributed by atoms with E-state index in [4.69, 9.17) is 8.85 Å². The van der Waals surface area contributed by atoms with E-state index in [1.165, 1.54) is 6.07 Å². The molecule has 0 atom stereocenters. The molecule has 0 aliphatic rings. The smallest absolute Gasteiger partial charge is 0.250 e. The van der Waals surface area contributed by atoms with Crippen LogP contribution in [0.5, 0.6) is 11.5 Å². The van der Waals surface area contributed by atoms with Crippen LogP contribution in [0.25, 0.3) is 11.3 Å². The molecule has 0 spiro atoms. The van der Waals surface area contributed by atoms with Gasteiger partial charge < -0.3 is 8.85 Å². The van der Waals surface area contributed by atoms with Gasteiger partial charge in [0.15, 0.2) is 11.6 Å². The molecule has 0 radical (unpaired) electrons. The summed E-state index contributed by atoms with van der Waals surface area (Å²) in [6, 6.07) is 8.31. The van der Waals surface area contributed by atoms with E-state index < -0.39 is 28.3 Å². The van der Waals surface area contributed by atoms with Crippen LogP contribution in [0, 0.1) is 15.3 Å². The quantitative estimate of drug-likeness (QED) is 0.175. The molecule has 1 aromatic heterocycles. The Balaban J connectivity index is 2.17. The largest absolute Gasteiger partial charge is 0.543 e. The summed E-state index contributed by atoms with van der Waals surface area (Å²) in [7, 11) is -4.35. The van der Waals surface area contributed by atoms with Crippen LogP contribution in [-0.4, -0.2) is 31.6 Å². The molecule has 0 fully saturated rings. The van der Waals surface area contributed by atoms with Crippen molar-refractivity contribution >= 4 is 39.2 Å². The molecular formula is C29H42F2IN3O2Si2. The molecule has 0 bridgehead atoms. The fourth-order valence-electron chi connectivity index (χ4n) is 3.50. The normalized spacial score (nSPS) is 13.1. The average molecular weight is 686 g/mol. The lowest BCUT2D eigenvalue weighted by atomic mass is 10.0. The molecule has 0 saturated heterocycles. The number of rotatable bonds is 8. The molecule has 3 aromatic rings. The molecule has 5 nitrogen and oxygen atoms in total. The van der Waals surface area contributed by atoms with Gasteiger partial charge in [-0.25, -0.2) is 13.5 Å². The SMILES string of the molecule is CCc1cc(-c2nnn(Cc3cccc(F)c3F)c2I)c(O[Si](C)(C)C(C)(C)C)cc1O[Si](C)(C)C(C)(C)C. The molecule has 3 rings (SSSR count). The fraction of sp³-hybridized carbons (Fsp3) is 0.517. The number of aromatic nitrogens is 3. The molecule has 1 heterocycles. The lowest BCUT2D eigenvalue weighted by Gasteiger charge is -2.39. The number of nitrogens with zero attached hydrogens (tertiary/aromatic N) is 3. The van der Waals surface area contributed by atoms with Crippen LogP contribution >= 0.6 is 22.6 Å². The van der Waals surface area contributed by atoms with Crippen LogP contribution in [0.15, 0.2) is 30.3 Å². The van der Waals surface area contributed by atoms with Crippen molar-refractivity contribution in [3.8, 4) is 22.8 Å². The number of aryl methyl sites for hydroxylation is 1. The summed E-state index contributed by atoms with van der Waals surface area (Å²) < 4.78 is 44.3. The molecule has 0 N–H and O–H groups in total. The van der Waals surface area contributed by atoms with Crippen molar-refractivity contribution in [3.63, 3.8) is 0 Å². The van der Waals surface area contributed by atoms with Gasteiger partial charge in [0.1, 0.15) is 20.9 Å². The second kappa shape index (κ2) is 11.2. The highest BCUT2D eigenvalue weighted by Crippen LogP contribution is 2.45. The van der Waals surface area contributed by atoms with Crippen molar-refractivity contribution in [2.75, 3.05) is 0 Å². The topological polar surface area (TPSA) is 49.2 Å². The van der Waals surface area contributed by atoms with Crippen LogP contribution in [0.4, 0.5) is 8.78 Å². The third-order valence-electron chi connectivity index (χ3n) is 8.17. The zero-order valence-corrected chi connectivity index (χ0v) is 29.3. The van der Waals surface area contributed by atoms with Crippen molar-refractivity contribution in [2.24, 2.45) is 0 Å². The minimum Gasteiger partial charge on any atom is -0.543 e. The van der Waals surface area contributed by atoms with Crippen molar-refractivity contribution in [1.82, 2.24) is 15.0 Å². The first-order valence-electron chi connectivity index (χ1n) is 13.4. The first-order chi connectivity index (χ1) is 17.8. The second-order valence-corrected chi connectivity index (χ2v) is 23.6. The van der Waals surface area contributed by atoms with E-state index in [9.17, 15) is 8.78 Å². The lowest BCUT2D eigenvalue weighted by Crippen LogP contribution is -2.44. The first kappa shape index (κ1) is 31.7. The number of hydrogen-bond donors (Lipinski definition) is 0. The van der Waals surface area contributed by atoms with E-state index in [2.05, 4.69) is 114 Å². The van der Waals surface area contributed by atoms with Crippen LogP contribution in [0.3, 0.4) is 0 Å². The van der Waals surface area contributed by atoms with Gasteiger partial charge in [0.05, 0.1) is 6.54 Å². The average Bonchev–Trinajstić information content (AvgIpc) is 3.15. The standard InChI is InChI=1S/C29H42F2IN3O2Si2/c1-12-19-16-21(26-27(32)35(34-33-26)18-20-14-13-15-22(30)25(20)31)24(37-39(10,11)29(5,6)7)17-23(19)36-38(8,9)28(2,3)4/h13-17H,12,18H2,1-11H3. The second-order valence-electron chi connectivity index (χ2n) is 13.1. The summed E-state index contributed by atoms with van der Waals surface area (Å²) in [6.07, 6.45) is 0.774. The molecule has 39 heavy (non-hydrogen) atoms. The molecule has 2 aromatic carbocycles. The summed E-state index contributed by atoms with van der Waals surface area (Å²) >= 11 is 2.18. The van der Waals surface area contributed by atoms with E-state index in [0.717, 1.165) is 38.8 Å². The maximum atomic E-state index is 14.4. The predicted molar refractivity (Wildman–Crippen MR) is 169 cm³/mol. The van der Waals surface area contributed by atoms with Gasteiger partial charge in [-0.1, -0.05) is 65.8 Å². The number of halogens is 3. The van der Waals surface area contributed by atoms with Gasteiger partial charge in [0.2, 0.25) is 8.32 Å². The number of hydrogen-bond acceptors (Lipinski definition) is 4. The van der Waals surface area contributed by atoms with Gasteiger partial charge in [-0.15, -0.1) is 5.10 Å². The molecule has 0 amide bonds. The highest BCUT2D eigenvalue weighted by molar-refractivity contribution is 14.1. The van der Waals surface area contributed by atoms with E-state index >= 15 is 0 Å². The summed E-state index contributed by atoms with van der Waals surface area (Å²) in [4.78, 5) is 0. The Kier molecular flexibility index (Phi) is 9.14. The predicted octanol–water partition coefficient (Wildman–Crippen LogP) is 9.21. The maximum absolute atomic E-state index is 14.4. The van der Waals surface area contributed by atoms with Gasteiger partial charge in [0, 0.05) is 17.2 Å². The van der Waals surface area contributed by atoms with E-state index in [1.807, 2.05) is 6.07 Å². The van der Waals surface area contributed by atoms with Crippen LogP contribution < -0.4 is 8.85 Å². The van der Waals surface area contributed by atoms with Crippen molar-refractivity contribution in [1.29, 1.82) is 0 Å². The minimum absolute atomic E-state index is 0.0200. The Morgan fingerprint density at radius 2 is 1.44 bits per heavy atom. The van der Waals surface area contributed by atoms with Crippen LogP contribution in [-0.2, 0) is 13.0 Å². The summed E-state index contributed by atoms with van der Waals surface area (Å²) in [5.41, 5.74) is 2.76. The van der Waals surface area contributed by atoms with Crippen LogP contribution in [0.1, 0.15) is 59.6 Å². The van der Waals surface area contributed by atoms with Crippen molar-refractivity contribution in [2.45, 2.75) is 97.7 Å². The Bertz CT molecular complexity index is 1350. The molecule has 0 aliphatic carbocycles. The molecule has 0 unspecified atom stereocenters. The Morgan fingerprint density at radius 1 is 0.872 bits per heavy atom. The van der Waals surface area contributed by atoms with E-state index in [-0.39, 0.29) is 22.2 Å². The summed E-state index contributed by atoms with van der Waals surface area (Å²) in [6.45, 7) is 24.4. The Labute approximate surface area is 248 Å². The minimum atomic E-state index is -2.23. The van der Waals surface area contributed by atoms with Crippen molar-refractivity contribution < 1.29 is 17.6 Å². The van der Waals surface area contributed by atoms with Gasteiger partial charge in [-0.05, 0) is 83.0 Å². The third-order valence-corrected chi connectivity index (χ3v) is 17.9. The lowest BCUT2D eigenvalue weighted by molar-refractivity contribution is 0.472. The zero-order valence-electron chi connectivity index (χ0n) is 25.1. The third kappa shape index (κ3) is 6.75. The van der Waals surface area contributed by atoms with Gasteiger partial charge >= 0.3 is 0 Å². The number of benzene rings is 2. The Morgan fingerprint density at radius 3 is 1.97 bits per heavy atom. The highest BCUT2D eigenvalue weighted by atomic mass is 127. The first-order valence-corrected chi connectivity index (χ1v) is 20.3. The molecule has 0 aliphatic heterocycles. The van der Waals surface area contributed by atoms with Crippen LogP contribution in [0.2, 0.25) is 36.3 Å². The molecule has 214 valence electrons. The Hall–Kier alpha value is -1.80. The van der Waals surface area contributed by atoms with Gasteiger partial charge in [-0.3, -0.25) is 0 Å². The fourth-order valence-corrected chi connectivity index (χ4v) is 6.24. The monoisotopic (exact) mass is 685 g/mol. The maximum Gasteiger partial charge on any atom is 0.250 e. The molecular weight excluding hydrogens is 643 g/mol. The van der Waals surface area contributed by atoms with Gasteiger partial charge in [0.25, 0.3) is 8.32 Å². The van der Waals surface area contributed by atoms with Crippen molar-refractivity contribution in [3.05, 3.63) is 56.8 Å². The van der Waals surface area contributed by atoms with Gasteiger partial charge in [-0.2, -0.15) is 0 Å². The highest BCUT2D eigenvalue weighted by Gasteiger charge is 2.41. The van der Waals surface area contributed by atoms with E-state index in [1.54, 1.807) is 10.7 Å².